The molecule has 0 fully saturated rings. The lowest BCUT2D eigenvalue weighted by Gasteiger charge is -2.03. The van der Waals surface area contributed by atoms with Crippen LogP contribution in [0.4, 0.5) is 0 Å². The highest BCUT2D eigenvalue weighted by atomic mass is 35.5. The largest absolute Gasteiger partial charge is 0.507 e. The van der Waals surface area contributed by atoms with Gasteiger partial charge in [-0.15, -0.1) is 10.2 Å². The van der Waals surface area contributed by atoms with Crippen LogP contribution in [0, 0.1) is 13.8 Å². The maximum Gasteiger partial charge on any atom is 0.273 e. The standard InChI is InChI=1S/C14H13ClN6O/c1-9-5-10(2)21(19-9)14-18-16-8-20(14)17-7-11-6-12(15)3-4-13(11)22/h3-8,22H,1-2H3/b17-7+. The molecule has 3 rings (SSSR count). The van der Waals surface area contributed by atoms with Crippen molar-refractivity contribution in [2.45, 2.75) is 13.8 Å². The van der Waals surface area contributed by atoms with Gasteiger partial charge in [-0.05, 0) is 38.1 Å². The summed E-state index contributed by atoms with van der Waals surface area (Å²) in [5.74, 6) is 0.553. The molecule has 112 valence electrons. The first-order valence-corrected chi connectivity index (χ1v) is 6.89. The smallest absolute Gasteiger partial charge is 0.273 e. The quantitative estimate of drug-likeness (QED) is 0.752. The van der Waals surface area contributed by atoms with Crippen LogP contribution in [0.5, 0.6) is 5.75 Å². The van der Waals surface area contributed by atoms with E-state index in [1.54, 1.807) is 16.8 Å². The maximum atomic E-state index is 9.79. The van der Waals surface area contributed by atoms with Gasteiger partial charge in [0.2, 0.25) is 0 Å². The third-order valence-electron chi connectivity index (χ3n) is 3.02. The van der Waals surface area contributed by atoms with Crippen molar-refractivity contribution in [3.63, 3.8) is 0 Å². The van der Waals surface area contributed by atoms with Crippen molar-refractivity contribution in [2.24, 2.45) is 5.10 Å². The summed E-state index contributed by atoms with van der Waals surface area (Å²) < 4.78 is 3.12. The fraction of sp³-hybridized carbons (Fsp3) is 0.143. The zero-order chi connectivity index (χ0) is 15.7. The second-order valence-electron chi connectivity index (χ2n) is 4.76. The minimum atomic E-state index is 0.0916. The van der Waals surface area contributed by atoms with Crippen LogP contribution in [0.25, 0.3) is 5.95 Å². The van der Waals surface area contributed by atoms with Crippen LogP contribution in [-0.2, 0) is 0 Å². The summed E-state index contributed by atoms with van der Waals surface area (Å²) in [6.45, 7) is 3.82. The van der Waals surface area contributed by atoms with Crippen molar-refractivity contribution in [1.29, 1.82) is 0 Å². The van der Waals surface area contributed by atoms with Crippen molar-refractivity contribution < 1.29 is 5.11 Å². The molecule has 0 atom stereocenters. The minimum Gasteiger partial charge on any atom is -0.507 e. The van der Waals surface area contributed by atoms with Crippen molar-refractivity contribution in [3.05, 3.63) is 52.6 Å². The van der Waals surface area contributed by atoms with E-state index in [-0.39, 0.29) is 5.75 Å². The molecule has 0 radical (unpaired) electrons. The number of phenolic OH excluding ortho intramolecular Hbond substituents is 1. The Morgan fingerprint density at radius 1 is 1.27 bits per heavy atom. The Balaban J connectivity index is 1.97. The number of nitrogens with zero attached hydrogens (tertiary/aromatic N) is 6. The Morgan fingerprint density at radius 3 is 2.82 bits per heavy atom. The average Bonchev–Trinajstić information content (AvgIpc) is 3.05. The molecular formula is C14H13ClN6O. The van der Waals surface area contributed by atoms with Gasteiger partial charge in [-0.2, -0.15) is 14.9 Å². The summed E-state index contributed by atoms with van der Waals surface area (Å²) in [4.78, 5) is 0. The molecule has 0 amide bonds. The van der Waals surface area contributed by atoms with E-state index < -0.39 is 0 Å². The van der Waals surface area contributed by atoms with E-state index >= 15 is 0 Å². The van der Waals surface area contributed by atoms with Gasteiger partial charge in [-0.1, -0.05) is 11.6 Å². The molecule has 0 unspecified atom stereocenters. The molecule has 2 aromatic heterocycles. The number of halogens is 1. The van der Waals surface area contributed by atoms with E-state index in [4.69, 9.17) is 11.6 Å². The zero-order valence-corrected chi connectivity index (χ0v) is 12.7. The van der Waals surface area contributed by atoms with E-state index in [9.17, 15) is 5.11 Å². The highest BCUT2D eigenvalue weighted by Gasteiger charge is 2.10. The normalized spacial score (nSPS) is 11.4. The number of aromatic hydroxyl groups is 1. The van der Waals surface area contributed by atoms with Gasteiger partial charge in [0, 0.05) is 16.3 Å². The van der Waals surface area contributed by atoms with Crippen LogP contribution >= 0.6 is 11.6 Å². The summed E-state index contributed by atoms with van der Waals surface area (Å²) in [5.41, 5.74) is 2.30. The number of benzene rings is 1. The highest BCUT2D eigenvalue weighted by molar-refractivity contribution is 6.30. The SMILES string of the molecule is Cc1cc(C)n(-c2nncn2/N=C/c2cc(Cl)ccc2O)n1. The molecular weight excluding hydrogens is 304 g/mol. The Bertz CT molecular complexity index is 851. The van der Waals surface area contributed by atoms with Crippen LogP contribution in [0.15, 0.2) is 35.7 Å². The van der Waals surface area contributed by atoms with E-state index in [0.717, 1.165) is 11.4 Å². The first kappa shape index (κ1) is 14.3. The second-order valence-corrected chi connectivity index (χ2v) is 5.20. The van der Waals surface area contributed by atoms with E-state index in [0.29, 0.717) is 16.5 Å². The third kappa shape index (κ3) is 2.71. The van der Waals surface area contributed by atoms with E-state index in [1.807, 2.05) is 19.9 Å². The molecule has 1 N–H and O–H groups in total. The highest BCUT2D eigenvalue weighted by Crippen LogP contribution is 2.19. The number of aryl methyl sites for hydroxylation is 2. The lowest BCUT2D eigenvalue weighted by Crippen LogP contribution is -2.06. The van der Waals surface area contributed by atoms with Gasteiger partial charge < -0.3 is 5.11 Å². The molecule has 0 aliphatic rings. The van der Waals surface area contributed by atoms with Gasteiger partial charge in [-0.25, -0.2) is 4.68 Å². The van der Waals surface area contributed by atoms with Gasteiger partial charge in [0.05, 0.1) is 11.9 Å². The number of aromatic nitrogens is 5. The molecule has 0 saturated heterocycles. The molecule has 22 heavy (non-hydrogen) atoms. The Hall–Kier alpha value is -2.67. The minimum absolute atomic E-state index is 0.0916. The molecule has 0 bridgehead atoms. The lowest BCUT2D eigenvalue weighted by molar-refractivity contribution is 0.474. The van der Waals surface area contributed by atoms with Gasteiger partial charge in [0.25, 0.3) is 5.95 Å². The molecule has 0 aliphatic carbocycles. The fourth-order valence-corrected chi connectivity index (χ4v) is 2.21. The molecule has 0 saturated carbocycles. The molecule has 1 aromatic carbocycles. The molecule has 0 spiro atoms. The van der Waals surface area contributed by atoms with Crippen LogP contribution in [0.1, 0.15) is 17.0 Å². The summed E-state index contributed by atoms with van der Waals surface area (Å²) >= 11 is 5.91. The third-order valence-corrected chi connectivity index (χ3v) is 3.26. The second kappa shape index (κ2) is 5.61. The van der Waals surface area contributed by atoms with Gasteiger partial charge >= 0.3 is 0 Å². The van der Waals surface area contributed by atoms with Crippen molar-refractivity contribution in [2.75, 3.05) is 0 Å². The van der Waals surface area contributed by atoms with Gasteiger partial charge in [0.15, 0.2) is 0 Å². The zero-order valence-electron chi connectivity index (χ0n) is 12.0. The summed E-state index contributed by atoms with van der Waals surface area (Å²) in [5, 5.41) is 26.8. The number of hydrogen-bond acceptors (Lipinski definition) is 5. The number of phenols is 1. The summed E-state index contributed by atoms with van der Waals surface area (Å²) in [7, 11) is 0. The van der Waals surface area contributed by atoms with Crippen molar-refractivity contribution in [1.82, 2.24) is 24.7 Å². The van der Waals surface area contributed by atoms with E-state index in [1.165, 1.54) is 23.3 Å². The lowest BCUT2D eigenvalue weighted by atomic mass is 10.2. The topological polar surface area (TPSA) is 81.1 Å². The maximum absolute atomic E-state index is 9.79. The Morgan fingerprint density at radius 2 is 2.09 bits per heavy atom. The van der Waals surface area contributed by atoms with Crippen molar-refractivity contribution >= 4 is 17.8 Å². The molecule has 8 heteroatoms. The van der Waals surface area contributed by atoms with Crippen molar-refractivity contribution in [3.8, 4) is 11.7 Å². The first-order chi connectivity index (χ1) is 10.5. The van der Waals surface area contributed by atoms with Crippen LogP contribution in [-0.4, -0.2) is 36.0 Å². The molecule has 7 nitrogen and oxygen atoms in total. The predicted molar refractivity (Wildman–Crippen MR) is 82.7 cm³/mol. The van der Waals surface area contributed by atoms with Crippen LogP contribution in [0.2, 0.25) is 5.02 Å². The van der Waals surface area contributed by atoms with E-state index in [2.05, 4.69) is 20.4 Å². The fourth-order valence-electron chi connectivity index (χ4n) is 2.03. The summed E-state index contributed by atoms with van der Waals surface area (Å²) in [6, 6.07) is 6.67. The van der Waals surface area contributed by atoms with Crippen LogP contribution in [0.3, 0.4) is 0 Å². The molecule has 3 aromatic rings. The van der Waals surface area contributed by atoms with Gasteiger partial charge in [0.1, 0.15) is 12.1 Å². The van der Waals surface area contributed by atoms with Crippen LogP contribution < -0.4 is 0 Å². The Labute approximate surface area is 131 Å². The average molecular weight is 317 g/mol. The molecule has 2 heterocycles. The number of rotatable bonds is 3. The predicted octanol–water partition coefficient (Wildman–Crippen LogP) is 2.32. The Kier molecular flexibility index (Phi) is 3.64. The monoisotopic (exact) mass is 316 g/mol. The summed E-state index contributed by atoms with van der Waals surface area (Å²) in [6.07, 6.45) is 2.95. The first-order valence-electron chi connectivity index (χ1n) is 6.51. The molecule has 0 aliphatic heterocycles. The van der Waals surface area contributed by atoms with Gasteiger partial charge in [-0.3, -0.25) is 0 Å². The number of hydrogen-bond donors (Lipinski definition) is 1.